The Bertz CT molecular complexity index is 1610. The number of benzene rings is 3. The quantitative estimate of drug-likeness (QED) is 0.200. The van der Waals surface area contributed by atoms with Crippen LogP contribution in [0.1, 0.15) is 33.3 Å². The number of carbonyl (C=O) groups excluding carboxylic acids is 1. The van der Waals surface area contributed by atoms with Crippen molar-refractivity contribution in [1.29, 1.82) is 0 Å². The minimum atomic E-state index is -0.0907. The molecule has 3 aromatic carbocycles. The van der Waals surface area contributed by atoms with Gasteiger partial charge in [-0.05, 0) is 23.3 Å². The fraction of sp³-hybridized carbons (Fsp3) is 0.212. The first-order valence-corrected chi connectivity index (χ1v) is 15.1. The summed E-state index contributed by atoms with van der Waals surface area (Å²) in [5, 5.41) is 9.74. The van der Waals surface area contributed by atoms with E-state index in [-0.39, 0.29) is 5.91 Å². The molecule has 0 unspecified atom stereocenters. The molecule has 0 aliphatic carbocycles. The SMILES string of the molecule is O=C(c1coc(CSc2nnc(Cc3ccccc3)n2-c2ccccc2)n1)N1CCN(C/C=C/c2ccccc2)CC1. The first-order valence-electron chi connectivity index (χ1n) is 14.1. The highest BCUT2D eigenvalue weighted by atomic mass is 32.2. The van der Waals surface area contributed by atoms with Crippen LogP contribution in [0.2, 0.25) is 0 Å². The molecule has 42 heavy (non-hydrogen) atoms. The van der Waals surface area contributed by atoms with Gasteiger partial charge in [0, 0.05) is 44.8 Å². The number of nitrogens with zero attached hydrogens (tertiary/aromatic N) is 6. The van der Waals surface area contributed by atoms with Crippen LogP contribution < -0.4 is 0 Å². The van der Waals surface area contributed by atoms with E-state index in [9.17, 15) is 4.79 Å². The summed E-state index contributed by atoms with van der Waals surface area (Å²) >= 11 is 1.49. The van der Waals surface area contributed by atoms with Gasteiger partial charge in [-0.3, -0.25) is 14.3 Å². The van der Waals surface area contributed by atoms with Gasteiger partial charge < -0.3 is 9.32 Å². The molecule has 1 saturated heterocycles. The maximum atomic E-state index is 13.1. The van der Waals surface area contributed by atoms with Crippen molar-refractivity contribution in [3.05, 3.63) is 132 Å². The Labute approximate surface area is 249 Å². The second kappa shape index (κ2) is 13.5. The van der Waals surface area contributed by atoms with E-state index in [1.807, 2.05) is 71.6 Å². The number of thioether (sulfide) groups is 1. The molecular formula is C33H32N6O2S. The molecule has 1 fully saturated rings. The average molecular weight is 577 g/mol. The molecule has 1 aliphatic rings. The summed E-state index contributed by atoms with van der Waals surface area (Å²) in [5.74, 6) is 1.69. The largest absolute Gasteiger partial charge is 0.447 e. The first kappa shape index (κ1) is 27.7. The van der Waals surface area contributed by atoms with Crippen molar-refractivity contribution in [1.82, 2.24) is 29.5 Å². The van der Waals surface area contributed by atoms with Gasteiger partial charge in [-0.15, -0.1) is 10.2 Å². The molecule has 5 aromatic rings. The van der Waals surface area contributed by atoms with E-state index in [4.69, 9.17) is 4.42 Å². The summed E-state index contributed by atoms with van der Waals surface area (Å²) in [5.41, 5.74) is 3.70. The number of piperazine rings is 1. The summed E-state index contributed by atoms with van der Waals surface area (Å²) in [7, 11) is 0. The average Bonchev–Trinajstić information content (AvgIpc) is 3.69. The highest BCUT2D eigenvalue weighted by Gasteiger charge is 2.24. The molecule has 9 heteroatoms. The Morgan fingerprint density at radius 1 is 0.857 bits per heavy atom. The van der Waals surface area contributed by atoms with Crippen molar-refractivity contribution in [2.45, 2.75) is 17.3 Å². The Hall–Kier alpha value is -4.47. The van der Waals surface area contributed by atoms with Crippen LogP contribution in [-0.4, -0.2) is 68.2 Å². The number of hydrogen-bond donors (Lipinski definition) is 0. The molecule has 0 saturated carbocycles. The van der Waals surface area contributed by atoms with Crippen molar-refractivity contribution < 1.29 is 9.21 Å². The van der Waals surface area contributed by atoms with Gasteiger partial charge in [-0.2, -0.15) is 0 Å². The van der Waals surface area contributed by atoms with Crippen molar-refractivity contribution in [3.8, 4) is 5.69 Å². The van der Waals surface area contributed by atoms with Crippen molar-refractivity contribution in [2.75, 3.05) is 32.7 Å². The molecule has 1 aliphatic heterocycles. The second-order valence-electron chi connectivity index (χ2n) is 10.1. The van der Waals surface area contributed by atoms with Crippen LogP contribution in [0.15, 0.2) is 113 Å². The zero-order valence-corrected chi connectivity index (χ0v) is 24.1. The van der Waals surface area contributed by atoms with Gasteiger partial charge in [0.15, 0.2) is 10.9 Å². The number of para-hydroxylation sites is 1. The number of hydrogen-bond acceptors (Lipinski definition) is 7. The van der Waals surface area contributed by atoms with Gasteiger partial charge in [0.1, 0.15) is 12.1 Å². The third kappa shape index (κ3) is 6.87. The Balaban J connectivity index is 1.05. The standard InChI is InChI=1S/C33H32N6O2S/c40-32(38-21-19-37(20-22-38)18-10-15-26-11-4-1-5-12-26)29-24-41-31(34-29)25-42-33-36-35-30(23-27-13-6-2-7-14-27)39(33)28-16-8-3-9-17-28/h1-17,24H,18-23,25H2/b15-10+. The summed E-state index contributed by atoms with van der Waals surface area (Å²) < 4.78 is 7.78. The highest BCUT2D eigenvalue weighted by Crippen LogP contribution is 2.26. The maximum Gasteiger partial charge on any atom is 0.275 e. The van der Waals surface area contributed by atoms with Crippen LogP contribution in [0.5, 0.6) is 0 Å². The number of aromatic nitrogens is 4. The smallest absolute Gasteiger partial charge is 0.275 e. The molecule has 2 aromatic heterocycles. The van der Waals surface area contributed by atoms with E-state index in [1.165, 1.54) is 29.2 Å². The van der Waals surface area contributed by atoms with Crippen LogP contribution in [-0.2, 0) is 12.2 Å². The molecular weight excluding hydrogens is 544 g/mol. The lowest BCUT2D eigenvalue weighted by Crippen LogP contribution is -2.48. The summed E-state index contributed by atoms with van der Waals surface area (Å²) in [6, 6.07) is 30.6. The zero-order valence-electron chi connectivity index (χ0n) is 23.3. The van der Waals surface area contributed by atoms with Crippen LogP contribution in [0.4, 0.5) is 0 Å². The fourth-order valence-corrected chi connectivity index (χ4v) is 5.75. The molecule has 8 nitrogen and oxygen atoms in total. The Kier molecular flexibility index (Phi) is 8.87. The molecule has 0 atom stereocenters. The van der Waals surface area contributed by atoms with Crippen LogP contribution >= 0.6 is 11.8 Å². The maximum absolute atomic E-state index is 13.1. The minimum absolute atomic E-state index is 0.0907. The molecule has 0 bridgehead atoms. The van der Waals surface area contributed by atoms with E-state index in [0.29, 0.717) is 36.8 Å². The lowest BCUT2D eigenvalue weighted by Gasteiger charge is -2.33. The lowest BCUT2D eigenvalue weighted by molar-refractivity contribution is 0.0644. The van der Waals surface area contributed by atoms with E-state index < -0.39 is 0 Å². The molecule has 0 radical (unpaired) electrons. The highest BCUT2D eigenvalue weighted by molar-refractivity contribution is 7.98. The van der Waals surface area contributed by atoms with E-state index in [2.05, 4.69) is 61.1 Å². The van der Waals surface area contributed by atoms with E-state index in [1.54, 1.807) is 0 Å². The molecule has 1 amide bonds. The van der Waals surface area contributed by atoms with Crippen molar-refractivity contribution >= 4 is 23.7 Å². The number of rotatable bonds is 10. The normalized spacial score (nSPS) is 14.0. The molecule has 0 N–H and O–H groups in total. The van der Waals surface area contributed by atoms with Crippen LogP contribution in [0.3, 0.4) is 0 Å². The Morgan fingerprint density at radius 3 is 2.29 bits per heavy atom. The van der Waals surface area contributed by atoms with Gasteiger partial charge in [0.2, 0.25) is 5.89 Å². The van der Waals surface area contributed by atoms with E-state index >= 15 is 0 Å². The number of carbonyl (C=O) groups is 1. The summed E-state index contributed by atoms with van der Waals surface area (Å²) in [6.07, 6.45) is 6.45. The van der Waals surface area contributed by atoms with Gasteiger partial charge in [0.25, 0.3) is 5.91 Å². The number of amides is 1. The zero-order chi connectivity index (χ0) is 28.6. The third-order valence-electron chi connectivity index (χ3n) is 7.15. The van der Waals surface area contributed by atoms with Crippen LogP contribution in [0.25, 0.3) is 11.8 Å². The van der Waals surface area contributed by atoms with Gasteiger partial charge in [0.05, 0.1) is 5.75 Å². The lowest BCUT2D eigenvalue weighted by atomic mass is 10.1. The Morgan fingerprint density at radius 2 is 1.55 bits per heavy atom. The number of oxazole rings is 1. The van der Waals surface area contributed by atoms with Gasteiger partial charge >= 0.3 is 0 Å². The molecule has 6 rings (SSSR count). The molecule has 212 valence electrons. The van der Waals surface area contributed by atoms with Crippen molar-refractivity contribution in [2.24, 2.45) is 0 Å². The van der Waals surface area contributed by atoms with Gasteiger partial charge in [-0.1, -0.05) is 103 Å². The summed E-state index contributed by atoms with van der Waals surface area (Å²) in [4.78, 5) is 21.9. The second-order valence-corrected chi connectivity index (χ2v) is 11.0. The first-order chi connectivity index (χ1) is 20.7. The topological polar surface area (TPSA) is 80.3 Å². The van der Waals surface area contributed by atoms with E-state index in [0.717, 1.165) is 36.3 Å². The molecule has 3 heterocycles. The third-order valence-corrected chi connectivity index (χ3v) is 8.06. The fourth-order valence-electron chi connectivity index (χ4n) is 4.92. The van der Waals surface area contributed by atoms with Gasteiger partial charge in [-0.25, -0.2) is 4.98 Å². The minimum Gasteiger partial charge on any atom is -0.447 e. The van der Waals surface area contributed by atoms with Crippen molar-refractivity contribution in [3.63, 3.8) is 0 Å². The summed E-state index contributed by atoms with van der Waals surface area (Å²) in [6.45, 7) is 3.85. The predicted molar refractivity (Wildman–Crippen MR) is 164 cm³/mol. The molecule has 0 spiro atoms. The van der Waals surface area contributed by atoms with Crippen LogP contribution in [0, 0.1) is 0 Å². The monoisotopic (exact) mass is 576 g/mol. The predicted octanol–water partition coefficient (Wildman–Crippen LogP) is 5.61.